The SMILES string of the molecule is O=C(Nc1cccc(F)n1)C1Cc2ccccc2O1. The molecule has 1 atom stereocenters. The Balaban J connectivity index is 1.70. The van der Waals surface area contributed by atoms with E-state index in [1.165, 1.54) is 18.2 Å². The van der Waals surface area contributed by atoms with E-state index in [1.54, 1.807) is 0 Å². The Hall–Kier alpha value is -2.43. The summed E-state index contributed by atoms with van der Waals surface area (Å²) in [6.07, 6.45) is -0.0837. The van der Waals surface area contributed by atoms with Crippen molar-refractivity contribution in [1.82, 2.24) is 4.98 Å². The summed E-state index contributed by atoms with van der Waals surface area (Å²) in [6.45, 7) is 0. The maximum absolute atomic E-state index is 12.9. The van der Waals surface area contributed by atoms with E-state index in [4.69, 9.17) is 4.74 Å². The molecule has 0 bridgehead atoms. The van der Waals surface area contributed by atoms with Gasteiger partial charge in [-0.2, -0.15) is 4.39 Å². The van der Waals surface area contributed by atoms with Crippen molar-refractivity contribution in [3.8, 4) is 5.75 Å². The summed E-state index contributed by atoms with van der Waals surface area (Å²) in [5.74, 6) is -0.0536. The molecule has 5 heteroatoms. The summed E-state index contributed by atoms with van der Waals surface area (Å²) in [4.78, 5) is 15.6. The van der Waals surface area contributed by atoms with Gasteiger partial charge in [-0.15, -0.1) is 0 Å². The zero-order valence-electron chi connectivity index (χ0n) is 9.97. The van der Waals surface area contributed by atoms with Gasteiger partial charge in [0.2, 0.25) is 5.95 Å². The van der Waals surface area contributed by atoms with Gasteiger partial charge in [0.1, 0.15) is 11.6 Å². The van der Waals surface area contributed by atoms with E-state index >= 15 is 0 Å². The van der Waals surface area contributed by atoms with Gasteiger partial charge in [-0.3, -0.25) is 4.79 Å². The van der Waals surface area contributed by atoms with Crippen molar-refractivity contribution in [1.29, 1.82) is 0 Å². The van der Waals surface area contributed by atoms with Crippen LogP contribution in [0.25, 0.3) is 0 Å². The smallest absolute Gasteiger partial charge is 0.266 e. The van der Waals surface area contributed by atoms with Crippen molar-refractivity contribution in [3.05, 3.63) is 54.0 Å². The Kier molecular flexibility index (Phi) is 2.87. The highest BCUT2D eigenvalue weighted by Crippen LogP contribution is 2.28. The molecule has 1 amide bonds. The third-order valence-electron chi connectivity index (χ3n) is 2.91. The number of aromatic nitrogens is 1. The second kappa shape index (κ2) is 4.68. The van der Waals surface area contributed by atoms with Crippen LogP contribution in [0.5, 0.6) is 5.75 Å². The van der Waals surface area contributed by atoms with Gasteiger partial charge in [-0.05, 0) is 23.8 Å². The predicted molar refractivity (Wildman–Crippen MR) is 67.4 cm³/mol. The highest BCUT2D eigenvalue weighted by atomic mass is 19.1. The Labute approximate surface area is 109 Å². The number of rotatable bonds is 2. The molecule has 1 N–H and O–H groups in total. The van der Waals surface area contributed by atoms with Crippen molar-refractivity contribution >= 4 is 11.7 Å². The van der Waals surface area contributed by atoms with Gasteiger partial charge in [0.25, 0.3) is 5.91 Å². The van der Waals surface area contributed by atoms with Crippen LogP contribution in [0.2, 0.25) is 0 Å². The minimum atomic E-state index is -0.631. The maximum Gasteiger partial charge on any atom is 0.266 e. The topological polar surface area (TPSA) is 51.2 Å². The summed E-state index contributed by atoms with van der Waals surface area (Å²) in [6, 6.07) is 11.7. The van der Waals surface area contributed by atoms with Crippen LogP contribution in [0, 0.1) is 5.95 Å². The fourth-order valence-electron chi connectivity index (χ4n) is 2.01. The molecule has 1 unspecified atom stereocenters. The highest BCUT2D eigenvalue weighted by Gasteiger charge is 2.28. The molecule has 0 aliphatic carbocycles. The lowest BCUT2D eigenvalue weighted by Crippen LogP contribution is -2.31. The van der Waals surface area contributed by atoms with Crippen LogP contribution in [0.4, 0.5) is 10.2 Å². The predicted octanol–water partition coefficient (Wildman–Crippen LogP) is 2.16. The monoisotopic (exact) mass is 258 g/mol. The molecule has 1 aliphatic rings. The highest BCUT2D eigenvalue weighted by molar-refractivity contribution is 5.94. The number of nitrogens with zero attached hydrogens (tertiary/aromatic N) is 1. The molecule has 1 aliphatic heterocycles. The summed E-state index contributed by atoms with van der Waals surface area (Å²) < 4.78 is 18.5. The number of ether oxygens (including phenoxy) is 1. The van der Waals surface area contributed by atoms with Crippen molar-refractivity contribution < 1.29 is 13.9 Å². The zero-order chi connectivity index (χ0) is 13.2. The van der Waals surface area contributed by atoms with Crippen LogP contribution < -0.4 is 10.1 Å². The number of amides is 1. The Morgan fingerprint density at radius 1 is 1.26 bits per heavy atom. The third-order valence-corrected chi connectivity index (χ3v) is 2.91. The summed E-state index contributed by atoms with van der Waals surface area (Å²) in [5.41, 5.74) is 0.995. The van der Waals surface area contributed by atoms with E-state index < -0.39 is 12.1 Å². The van der Waals surface area contributed by atoms with Crippen molar-refractivity contribution in [2.24, 2.45) is 0 Å². The standard InChI is InChI=1S/C14H11FN2O2/c15-12-6-3-7-13(16-12)17-14(18)11-8-9-4-1-2-5-10(9)19-11/h1-7,11H,8H2,(H,16,17,18). The Bertz CT molecular complexity index is 605. The molecule has 1 aromatic carbocycles. The number of carbonyl (C=O) groups is 1. The van der Waals surface area contributed by atoms with Gasteiger partial charge in [-0.25, -0.2) is 4.98 Å². The van der Waals surface area contributed by atoms with Crippen molar-refractivity contribution in [3.63, 3.8) is 0 Å². The van der Waals surface area contributed by atoms with Gasteiger partial charge in [0.05, 0.1) is 0 Å². The number of para-hydroxylation sites is 1. The fraction of sp³-hybridized carbons (Fsp3) is 0.143. The second-order valence-electron chi connectivity index (χ2n) is 4.25. The van der Waals surface area contributed by atoms with Gasteiger partial charge in [0.15, 0.2) is 6.10 Å². The van der Waals surface area contributed by atoms with Gasteiger partial charge < -0.3 is 10.1 Å². The van der Waals surface area contributed by atoms with E-state index in [9.17, 15) is 9.18 Å². The number of fused-ring (bicyclic) bond motifs is 1. The fourth-order valence-corrected chi connectivity index (χ4v) is 2.01. The number of nitrogens with one attached hydrogen (secondary N) is 1. The lowest BCUT2D eigenvalue weighted by Gasteiger charge is -2.10. The first-order chi connectivity index (χ1) is 9.22. The summed E-state index contributed by atoms with van der Waals surface area (Å²) >= 11 is 0. The zero-order valence-corrected chi connectivity index (χ0v) is 9.97. The molecular formula is C14H11FN2O2. The lowest BCUT2D eigenvalue weighted by molar-refractivity contribution is -0.122. The number of hydrogen-bond donors (Lipinski definition) is 1. The molecule has 0 saturated heterocycles. The Morgan fingerprint density at radius 3 is 2.89 bits per heavy atom. The van der Waals surface area contributed by atoms with E-state index in [0.717, 1.165) is 11.3 Å². The maximum atomic E-state index is 12.9. The van der Waals surface area contributed by atoms with Crippen molar-refractivity contribution in [2.75, 3.05) is 5.32 Å². The molecule has 2 heterocycles. The van der Waals surface area contributed by atoms with Crippen LogP contribution in [0.15, 0.2) is 42.5 Å². The van der Waals surface area contributed by atoms with Crippen molar-refractivity contribution in [2.45, 2.75) is 12.5 Å². The van der Waals surface area contributed by atoms with Gasteiger partial charge in [0, 0.05) is 6.42 Å². The van der Waals surface area contributed by atoms with Crippen LogP contribution in [-0.4, -0.2) is 17.0 Å². The quantitative estimate of drug-likeness (QED) is 0.840. The lowest BCUT2D eigenvalue weighted by atomic mass is 10.1. The largest absolute Gasteiger partial charge is 0.480 e. The molecule has 0 fully saturated rings. The number of anilines is 1. The molecule has 0 spiro atoms. The number of hydrogen-bond acceptors (Lipinski definition) is 3. The first kappa shape index (κ1) is 11.6. The van der Waals surface area contributed by atoms with Gasteiger partial charge >= 0.3 is 0 Å². The normalized spacial score (nSPS) is 16.6. The summed E-state index contributed by atoms with van der Waals surface area (Å²) in [7, 11) is 0. The van der Waals surface area contributed by atoms with E-state index in [0.29, 0.717) is 6.42 Å². The molecule has 1 aromatic heterocycles. The minimum absolute atomic E-state index is 0.185. The molecule has 96 valence electrons. The minimum Gasteiger partial charge on any atom is -0.480 e. The molecule has 4 nitrogen and oxygen atoms in total. The number of halogens is 1. The molecule has 0 saturated carbocycles. The first-order valence-corrected chi connectivity index (χ1v) is 5.90. The van der Waals surface area contributed by atoms with Gasteiger partial charge in [-0.1, -0.05) is 24.3 Å². The van der Waals surface area contributed by atoms with E-state index in [-0.39, 0.29) is 11.7 Å². The van der Waals surface area contributed by atoms with Crippen LogP contribution >= 0.6 is 0 Å². The number of carbonyl (C=O) groups excluding carboxylic acids is 1. The second-order valence-corrected chi connectivity index (χ2v) is 4.25. The van der Waals surface area contributed by atoms with E-state index in [1.807, 2.05) is 24.3 Å². The number of benzene rings is 1. The number of pyridine rings is 1. The molecule has 0 radical (unpaired) electrons. The average molecular weight is 258 g/mol. The molecule has 19 heavy (non-hydrogen) atoms. The third kappa shape index (κ3) is 2.40. The Morgan fingerprint density at radius 2 is 2.11 bits per heavy atom. The first-order valence-electron chi connectivity index (χ1n) is 5.90. The van der Waals surface area contributed by atoms with Crippen LogP contribution in [0.3, 0.4) is 0 Å². The molecule has 2 aromatic rings. The van der Waals surface area contributed by atoms with Crippen LogP contribution in [0.1, 0.15) is 5.56 Å². The molecule has 3 rings (SSSR count). The molecular weight excluding hydrogens is 247 g/mol. The van der Waals surface area contributed by atoms with Crippen LogP contribution in [-0.2, 0) is 11.2 Å². The van der Waals surface area contributed by atoms with E-state index in [2.05, 4.69) is 10.3 Å². The average Bonchev–Trinajstić information content (AvgIpc) is 2.82. The summed E-state index contributed by atoms with van der Waals surface area (Å²) in [5, 5.41) is 2.54.